The Morgan fingerprint density at radius 2 is 2.00 bits per heavy atom. The van der Waals surface area contributed by atoms with Gasteiger partial charge in [-0.15, -0.1) is 0 Å². The van der Waals surface area contributed by atoms with Crippen LogP contribution >= 0.6 is 0 Å². The van der Waals surface area contributed by atoms with E-state index in [1.54, 1.807) is 24.3 Å². The molecule has 3 N–H and O–H groups in total. The van der Waals surface area contributed by atoms with Gasteiger partial charge >= 0.3 is 0 Å². The molecule has 0 aromatic heterocycles. The molecule has 1 aromatic rings. The van der Waals surface area contributed by atoms with E-state index in [1.165, 1.54) is 0 Å². The van der Waals surface area contributed by atoms with E-state index in [0.717, 1.165) is 12.8 Å². The number of anilines is 1. The first-order valence-corrected chi connectivity index (χ1v) is 5.30. The molecule has 0 radical (unpaired) electrons. The van der Waals surface area contributed by atoms with Gasteiger partial charge < -0.3 is 11.1 Å². The first-order valence-electron chi connectivity index (χ1n) is 5.30. The van der Waals surface area contributed by atoms with Crippen LogP contribution in [0.4, 0.5) is 5.69 Å². The summed E-state index contributed by atoms with van der Waals surface area (Å²) in [6.45, 7) is 4.12. The summed E-state index contributed by atoms with van der Waals surface area (Å²) in [5.74, 6) is -0.0315. The number of carbonyl (C=O) groups excluding carboxylic acids is 1. The van der Waals surface area contributed by atoms with Gasteiger partial charge in [-0.1, -0.05) is 13.3 Å². The van der Waals surface area contributed by atoms with Crippen molar-refractivity contribution in [1.82, 2.24) is 5.32 Å². The Bertz CT molecular complexity index is 319. The summed E-state index contributed by atoms with van der Waals surface area (Å²) in [6, 6.07) is 7.17. The third-order valence-corrected chi connectivity index (χ3v) is 2.27. The maximum absolute atomic E-state index is 11.7. The van der Waals surface area contributed by atoms with Crippen LogP contribution in [0.25, 0.3) is 0 Å². The van der Waals surface area contributed by atoms with Gasteiger partial charge in [-0.25, -0.2) is 0 Å². The molecule has 15 heavy (non-hydrogen) atoms. The molecular formula is C12H18N2O. The van der Waals surface area contributed by atoms with Gasteiger partial charge in [-0.2, -0.15) is 0 Å². The molecule has 0 fully saturated rings. The molecule has 0 aliphatic carbocycles. The second-order valence-corrected chi connectivity index (χ2v) is 3.79. The zero-order valence-corrected chi connectivity index (χ0v) is 9.29. The van der Waals surface area contributed by atoms with E-state index < -0.39 is 0 Å². The van der Waals surface area contributed by atoms with Crippen LogP contribution in [0.5, 0.6) is 0 Å². The normalized spacial score (nSPS) is 12.1. The highest BCUT2D eigenvalue weighted by Crippen LogP contribution is 2.06. The topological polar surface area (TPSA) is 55.1 Å². The lowest BCUT2D eigenvalue weighted by molar-refractivity contribution is 0.0938. The summed E-state index contributed by atoms with van der Waals surface area (Å²) in [5.41, 5.74) is 6.88. The summed E-state index contributed by atoms with van der Waals surface area (Å²) in [4.78, 5) is 11.7. The van der Waals surface area contributed by atoms with E-state index in [4.69, 9.17) is 5.73 Å². The number of hydrogen-bond acceptors (Lipinski definition) is 2. The van der Waals surface area contributed by atoms with Crippen LogP contribution in [0.15, 0.2) is 24.3 Å². The number of amides is 1. The van der Waals surface area contributed by atoms with Crippen molar-refractivity contribution in [2.24, 2.45) is 0 Å². The minimum Gasteiger partial charge on any atom is -0.399 e. The standard InChI is InChI=1S/C12H18N2O/c1-3-4-9(2)14-12(15)10-5-7-11(13)8-6-10/h5-9H,3-4,13H2,1-2H3,(H,14,15)/t9-/m0/s1. The zero-order valence-electron chi connectivity index (χ0n) is 9.29. The van der Waals surface area contributed by atoms with E-state index in [1.807, 2.05) is 6.92 Å². The van der Waals surface area contributed by atoms with Gasteiger partial charge in [-0.3, -0.25) is 4.79 Å². The molecule has 0 spiro atoms. The summed E-state index contributed by atoms with van der Waals surface area (Å²) in [5, 5.41) is 2.94. The highest BCUT2D eigenvalue weighted by molar-refractivity contribution is 5.94. The summed E-state index contributed by atoms with van der Waals surface area (Å²) >= 11 is 0. The molecule has 3 nitrogen and oxygen atoms in total. The van der Waals surface area contributed by atoms with Crippen molar-refractivity contribution in [3.8, 4) is 0 Å². The maximum atomic E-state index is 11.7. The van der Waals surface area contributed by atoms with Gasteiger partial charge in [0, 0.05) is 17.3 Å². The molecule has 0 bridgehead atoms. The Labute approximate surface area is 90.7 Å². The quantitative estimate of drug-likeness (QED) is 0.742. The SMILES string of the molecule is CCC[C@H](C)NC(=O)c1ccc(N)cc1. The lowest BCUT2D eigenvalue weighted by atomic mass is 10.1. The second kappa shape index (κ2) is 5.39. The van der Waals surface area contributed by atoms with E-state index in [-0.39, 0.29) is 11.9 Å². The molecule has 1 rings (SSSR count). The highest BCUT2D eigenvalue weighted by atomic mass is 16.1. The Morgan fingerprint density at radius 1 is 1.40 bits per heavy atom. The molecule has 0 unspecified atom stereocenters. The van der Waals surface area contributed by atoms with Crippen molar-refractivity contribution >= 4 is 11.6 Å². The van der Waals surface area contributed by atoms with Crippen molar-refractivity contribution < 1.29 is 4.79 Å². The van der Waals surface area contributed by atoms with Crippen LogP contribution in [0.1, 0.15) is 37.0 Å². The number of nitrogens with one attached hydrogen (secondary N) is 1. The molecule has 82 valence electrons. The monoisotopic (exact) mass is 206 g/mol. The molecule has 0 aliphatic heterocycles. The van der Waals surface area contributed by atoms with Crippen molar-refractivity contribution in [2.45, 2.75) is 32.7 Å². The van der Waals surface area contributed by atoms with Gasteiger partial charge in [0.1, 0.15) is 0 Å². The van der Waals surface area contributed by atoms with Crippen LogP contribution in [0.3, 0.4) is 0 Å². The van der Waals surface area contributed by atoms with Crippen LogP contribution in [-0.2, 0) is 0 Å². The number of hydrogen-bond donors (Lipinski definition) is 2. The lowest BCUT2D eigenvalue weighted by Gasteiger charge is -2.12. The predicted octanol–water partition coefficient (Wildman–Crippen LogP) is 2.19. The molecule has 0 saturated heterocycles. The first-order chi connectivity index (χ1) is 7.13. The van der Waals surface area contributed by atoms with Crippen LogP contribution < -0.4 is 11.1 Å². The van der Waals surface area contributed by atoms with Gasteiger partial charge in [0.15, 0.2) is 0 Å². The van der Waals surface area contributed by atoms with Gasteiger partial charge in [-0.05, 0) is 37.6 Å². The Morgan fingerprint density at radius 3 is 2.53 bits per heavy atom. The molecule has 0 aliphatic rings. The Balaban J connectivity index is 2.57. The Hall–Kier alpha value is -1.51. The minimum absolute atomic E-state index is 0.0315. The lowest BCUT2D eigenvalue weighted by Crippen LogP contribution is -2.32. The van der Waals surface area contributed by atoms with E-state index in [2.05, 4.69) is 12.2 Å². The molecule has 1 atom stereocenters. The zero-order chi connectivity index (χ0) is 11.3. The fourth-order valence-corrected chi connectivity index (χ4v) is 1.45. The first kappa shape index (κ1) is 11.6. The van der Waals surface area contributed by atoms with Crippen molar-refractivity contribution in [3.05, 3.63) is 29.8 Å². The van der Waals surface area contributed by atoms with Gasteiger partial charge in [0.05, 0.1) is 0 Å². The summed E-state index contributed by atoms with van der Waals surface area (Å²) in [7, 11) is 0. The third-order valence-electron chi connectivity index (χ3n) is 2.27. The average Bonchev–Trinajstić information content (AvgIpc) is 2.18. The Kier molecular flexibility index (Phi) is 4.16. The number of nitrogen functional groups attached to an aromatic ring is 1. The average molecular weight is 206 g/mol. The number of nitrogens with two attached hydrogens (primary N) is 1. The molecular weight excluding hydrogens is 188 g/mol. The smallest absolute Gasteiger partial charge is 0.251 e. The van der Waals surface area contributed by atoms with Crippen LogP contribution in [-0.4, -0.2) is 11.9 Å². The maximum Gasteiger partial charge on any atom is 0.251 e. The summed E-state index contributed by atoms with van der Waals surface area (Å²) in [6.07, 6.45) is 2.07. The van der Waals surface area contributed by atoms with E-state index in [9.17, 15) is 4.79 Å². The van der Waals surface area contributed by atoms with Crippen molar-refractivity contribution in [1.29, 1.82) is 0 Å². The van der Waals surface area contributed by atoms with Gasteiger partial charge in [0.25, 0.3) is 5.91 Å². The highest BCUT2D eigenvalue weighted by Gasteiger charge is 2.08. The van der Waals surface area contributed by atoms with Crippen LogP contribution in [0.2, 0.25) is 0 Å². The van der Waals surface area contributed by atoms with Crippen molar-refractivity contribution in [2.75, 3.05) is 5.73 Å². The number of carbonyl (C=O) groups is 1. The van der Waals surface area contributed by atoms with Gasteiger partial charge in [0.2, 0.25) is 0 Å². The third kappa shape index (κ3) is 3.62. The molecule has 0 heterocycles. The van der Waals surface area contributed by atoms with Crippen LogP contribution in [0, 0.1) is 0 Å². The molecule has 1 amide bonds. The molecule has 1 aromatic carbocycles. The fourth-order valence-electron chi connectivity index (χ4n) is 1.45. The number of benzene rings is 1. The molecule has 0 saturated carbocycles. The number of rotatable bonds is 4. The fraction of sp³-hybridized carbons (Fsp3) is 0.417. The van der Waals surface area contributed by atoms with E-state index >= 15 is 0 Å². The minimum atomic E-state index is -0.0315. The molecule has 3 heteroatoms. The second-order valence-electron chi connectivity index (χ2n) is 3.79. The largest absolute Gasteiger partial charge is 0.399 e. The summed E-state index contributed by atoms with van der Waals surface area (Å²) < 4.78 is 0. The van der Waals surface area contributed by atoms with Crippen molar-refractivity contribution in [3.63, 3.8) is 0 Å². The predicted molar refractivity (Wildman–Crippen MR) is 62.7 cm³/mol. The van der Waals surface area contributed by atoms with E-state index in [0.29, 0.717) is 11.3 Å².